The summed E-state index contributed by atoms with van der Waals surface area (Å²) in [6, 6.07) is 6.89. The van der Waals surface area contributed by atoms with E-state index in [9.17, 15) is 5.11 Å². The second-order valence-corrected chi connectivity index (χ2v) is 5.94. The van der Waals surface area contributed by atoms with Crippen molar-refractivity contribution in [1.29, 1.82) is 0 Å². The number of aliphatic hydroxyl groups is 1. The third-order valence-electron chi connectivity index (χ3n) is 4.62. The van der Waals surface area contributed by atoms with Crippen molar-refractivity contribution < 1.29 is 5.11 Å². The van der Waals surface area contributed by atoms with Crippen molar-refractivity contribution >= 4 is 6.08 Å². The monoisotopic (exact) mass is 272 g/mol. The maximum absolute atomic E-state index is 9.37. The van der Waals surface area contributed by atoms with E-state index in [0.29, 0.717) is 12.6 Å². The number of nitrogens with one attached hydrogen (secondary N) is 1. The molecule has 108 valence electrons. The number of aliphatic hydroxyl groups excluding tert-OH is 1. The van der Waals surface area contributed by atoms with Gasteiger partial charge in [0.15, 0.2) is 0 Å². The van der Waals surface area contributed by atoms with Gasteiger partial charge in [0.05, 0.1) is 6.61 Å². The van der Waals surface area contributed by atoms with Gasteiger partial charge in [-0.15, -0.1) is 0 Å². The van der Waals surface area contributed by atoms with Crippen molar-refractivity contribution in [2.75, 3.05) is 19.7 Å². The van der Waals surface area contributed by atoms with Crippen molar-refractivity contribution in [3.8, 4) is 0 Å². The zero-order valence-electron chi connectivity index (χ0n) is 12.2. The average Bonchev–Trinajstić information content (AvgIpc) is 2.93. The van der Waals surface area contributed by atoms with E-state index in [-0.39, 0.29) is 0 Å². The van der Waals surface area contributed by atoms with Crippen LogP contribution in [0.1, 0.15) is 36.0 Å². The van der Waals surface area contributed by atoms with Crippen molar-refractivity contribution in [2.24, 2.45) is 0 Å². The zero-order chi connectivity index (χ0) is 13.9. The molecule has 3 rings (SSSR count). The van der Waals surface area contributed by atoms with Gasteiger partial charge in [0, 0.05) is 24.8 Å². The molecule has 0 aliphatic carbocycles. The molecule has 2 heterocycles. The van der Waals surface area contributed by atoms with E-state index >= 15 is 0 Å². The lowest BCUT2D eigenvalue weighted by Gasteiger charge is -2.25. The standard InChI is InChI=1S/C17H24N2O/c1-13-4-2-5-14-11-18-15(10-17(13)14)7-9-19-8-3-6-16(19)12-20/h2,4-5,10,16,18,20H,3,6-9,11-12H2,1H3/t16-/m0/s1. The van der Waals surface area contributed by atoms with Crippen LogP contribution in [-0.2, 0) is 6.54 Å². The smallest absolute Gasteiger partial charge is 0.0586 e. The number of likely N-dealkylation sites (tertiary alicyclic amines) is 1. The van der Waals surface area contributed by atoms with Crippen LogP contribution in [0.5, 0.6) is 0 Å². The lowest BCUT2D eigenvalue weighted by molar-refractivity contribution is 0.159. The van der Waals surface area contributed by atoms with Crippen LogP contribution >= 0.6 is 0 Å². The topological polar surface area (TPSA) is 35.5 Å². The molecule has 2 N–H and O–H groups in total. The summed E-state index contributed by atoms with van der Waals surface area (Å²) >= 11 is 0. The highest BCUT2D eigenvalue weighted by Gasteiger charge is 2.23. The van der Waals surface area contributed by atoms with E-state index in [4.69, 9.17) is 0 Å². The minimum atomic E-state index is 0.300. The van der Waals surface area contributed by atoms with Gasteiger partial charge in [-0.25, -0.2) is 0 Å². The predicted octanol–water partition coefficient (Wildman–Crippen LogP) is 2.29. The van der Waals surface area contributed by atoms with Gasteiger partial charge in [-0.2, -0.15) is 0 Å². The fraction of sp³-hybridized carbons (Fsp3) is 0.529. The lowest BCUT2D eigenvalue weighted by Crippen LogP contribution is -2.34. The molecular weight excluding hydrogens is 248 g/mol. The molecule has 1 aromatic carbocycles. The van der Waals surface area contributed by atoms with E-state index in [1.165, 1.54) is 28.8 Å². The van der Waals surface area contributed by atoms with Crippen molar-refractivity contribution in [3.05, 3.63) is 40.6 Å². The van der Waals surface area contributed by atoms with Crippen molar-refractivity contribution in [1.82, 2.24) is 10.2 Å². The number of benzene rings is 1. The van der Waals surface area contributed by atoms with E-state index in [1.807, 2.05) is 0 Å². The van der Waals surface area contributed by atoms with E-state index in [0.717, 1.165) is 32.5 Å². The first-order valence-corrected chi connectivity index (χ1v) is 7.66. The number of rotatable bonds is 4. The summed E-state index contributed by atoms with van der Waals surface area (Å²) in [6.07, 6.45) is 5.72. The molecule has 2 aliphatic rings. The Labute approximate surface area is 121 Å². The summed E-state index contributed by atoms with van der Waals surface area (Å²) in [4.78, 5) is 2.43. The summed E-state index contributed by atoms with van der Waals surface area (Å²) in [5.74, 6) is 0. The number of hydrogen-bond acceptors (Lipinski definition) is 3. The van der Waals surface area contributed by atoms with Gasteiger partial charge in [0.1, 0.15) is 0 Å². The molecule has 0 spiro atoms. The number of hydrogen-bond donors (Lipinski definition) is 2. The molecule has 0 unspecified atom stereocenters. The molecular formula is C17H24N2O. The molecule has 20 heavy (non-hydrogen) atoms. The Kier molecular flexibility index (Phi) is 4.08. The second-order valence-electron chi connectivity index (χ2n) is 5.94. The summed E-state index contributed by atoms with van der Waals surface area (Å²) in [5.41, 5.74) is 5.47. The summed E-state index contributed by atoms with van der Waals surface area (Å²) in [5, 5.41) is 12.9. The number of nitrogens with zero attached hydrogens (tertiary/aromatic N) is 1. The first kappa shape index (κ1) is 13.7. The zero-order valence-corrected chi connectivity index (χ0v) is 12.2. The molecule has 3 heteroatoms. The van der Waals surface area contributed by atoms with Crippen LogP contribution in [0.2, 0.25) is 0 Å². The highest BCUT2D eigenvalue weighted by molar-refractivity contribution is 5.62. The molecule has 1 atom stereocenters. The highest BCUT2D eigenvalue weighted by Crippen LogP contribution is 2.24. The fourth-order valence-electron chi connectivity index (χ4n) is 3.36. The summed E-state index contributed by atoms with van der Waals surface area (Å²) < 4.78 is 0. The Hall–Kier alpha value is -1.32. The van der Waals surface area contributed by atoms with Gasteiger partial charge in [-0.1, -0.05) is 18.2 Å². The first-order valence-electron chi connectivity index (χ1n) is 7.66. The van der Waals surface area contributed by atoms with Crippen LogP contribution in [0.15, 0.2) is 23.9 Å². The Balaban J connectivity index is 1.66. The quantitative estimate of drug-likeness (QED) is 0.883. The predicted molar refractivity (Wildman–Crippen MR) is 82.3 cm³/mol. The average molecular weight is 272 g/mol. The third kappa shape index (κ3) is 2.74. The number of aryl methyl sites for hydroxylation is 1. The molecule has 0 bridgehead atoms. The Morgan fingerprint density at radius 1 is 1.40 bits per heavy atom. The molecule has 0 amide bonds. The summed E-state index contributed by atoms with van der Waals surface area (Å²) in [7, 11) is 0. The summed E-state index contributed by atoms with van der Waals surface area (Å²) in [6.45, 7) is 5.60. The van der Waals surface area contributed by atoms with Crippen LogP contribution in [0.4, 0.5) is 0 Å². The SMILES string of the molecule is Cc1cccc2c1C=C(CCN1CCC[C@H]1CO)NC2. The molecule has 0 saturated carbocycles. The van der Waals surface area contributed by atoms with E-state index in [1.54, 1.807) is 0 Å². The maximum Gasteiger partial charge on any atom is 0.0586 e. The second kappa shape index (κ2) is 5.98. The number of fused-ring (bicyclic) bond motifs is 1. The van der Waals surface area contributed by atoms with Gasteiger partial charge in [-0.05, 0) is 55.5 Å². The van der Waals surface area contributed by atoms with Crippen LogP contribution in [-0.4, -0.2) is 35.7 Å². The molecule has 1 saturated heterocycles. The van der Waals surface area contributed by atoms with Crippen LogP contribution in [0.3, 0.4) is 0 Å². The lowest BCUT2D eigenvalue weighted by atomic mass is 9.97. The highest BCUT2D eigenvalue weighted by atomic mass is 16.3. The van der Waals surface area contributed by atoms with Crippen LogP contribution in [0, 0.1) is 6.92 Å². The van der Waals surface area contributed by atoms with Gasteiger partial charge < -0.3 is 10.4 Å². The van der Waals surface area contributed by atoms with Gasteiger partial charge >= 0.3 is 0 Å². The van der Waals surface area contributed by atoms with Crippen molar-refractivity contribution in [2.45, 2.75) is 38.8 Å². The Morgan fingerprint density at radius 2 is 2.30 bits per heavy atom. The largest absolute Gasteiger partial charge is 0.395 e. The Bertz CT molecular complexity index is 510. The molecule has 0 radical (unpaired) electrons. The van der Waals surface area contributed by atoms with E-state index < -0.39 is 0 Å². The minimum absolute atomic E-state index is 0.300. The van der Waals surface area contributed by atoms with Gasteiger partial charge in [-0.3, -0.25) is 4.90 Å². The normalized spacial score (nSPS) is 22.3. The molecule has 1 fully saturated rings. The Morgan fingerprint density at radius 3 is 3.15 bits per heavy atom. The third-order valence-corrected chi connectivity index (χ3v) is 4.62. The minimum Gasteiger partial charge on any atom is -0.395 e. The molecule has 1 aromatic rings. The van der Waals surface area contributed by atoms with E-state index in [2.05, 4.69) is 41.4 Å². The molecule has 3 nitrogen and oxygen atoms in total. The van der Waals surface area contributed by atoms with Crippen molar-refractivity contribution in [3.63, 3.8) is 0 Å². The van der Waals surface area contributed by atoms with Gasteiger partial charge in [0.25, 0.3) is 0 Å². The maximum atomic E-state index is 9.37. The molecule has 2 aliphatic heterocycles. The van der Waals surface area contributed by atoms with Crippen LogP contribution < -0.4 is 5.32 Å². The fourth-order valence-corrected chi connectivity index (χ4v) is 3.36. The van der Waals surface area contributed by atoms with Crippen LogP contribution in [0.25, 0.3) is 6.08 Å². The molecule has 0 aromatic heterocycles. The first-order chi connectivity index (χ1) is 9.78. The van der Waals surface area contributed by atoms with Gasteiger partial charge in [0.2, 0.25) is 0 Å².